The zero-order valence-electron chi connectivity index (χ0n) is 11.0. The predicted octanol–water partition coefficient (Wildman–Crippen LogP) is 2.51. The average Bonchev–Trinajstić information content (AvgIpc) is 2.95. The molecular formula is C14H19N5. The fraction of sp³-hybridized carbons (Fsp3) is 0.643. The Bertz CT molecular complexity index is 576. The lowest BCUT2D eigenvalue weighted by atomic mass is 9.78. The van der Waals surface area contributed by atoms with Crippen molar-refractivity contribution in [2.75, 3.05) is 11.4 Å². The van der Waals surface area contributed by atoms with E-state index < -0.39 is 0 Å². The van der Waals surface area contributed by atoms with Crippen molar-refractivity contribution in [2.45, 2.75) is 44.6 Å². The highest BCUT2D eigenvalue weighted by Gasteiger charge is 2.34. The molecule has 1 N–H and O–H groups in total. The van der Waals surface area contributed by atoms with E-state index in [0.29, 0.717) is 6.04 Å². The van der Waals surface area contributed by atoms with Gasteiger partial charge in [-0.05, 0) is 31.6 Å². The van der Waals surface area contributed by atoms with Crippen LogP contribution in [-0.2, 0) is 0 Å². The van der Waals surface area contributed by atoms with E-state index in [-0.39, 0.29) is 0 Å². The van der Waals surface area contributed by atoms with Gasteiger partial charge in [0, 0.05) is 12.6 Å². The monoisotopic (exact) mass is 257 g/mol. The molecule has 19 heavy (non-hydrogen) atoms. The first-order valence-corrected chi connectivity index (χ1v) is 7.34. The maximum atomic E-state index is 4.54. The number of nitrogens with one attached hydrogen (secondary N) is 1. The summed E-state index contributed by atoms with van der Waals surface area (Å²) < 4.78 is 0. The third kappa shape index (κ3) is 1.79. The molecule has 1 aliphatic carbocycles. The van der Waals surface area contributed by atoms with Crippen molar-refractivity contribution in [3.05, 3.63) is 12.7 Å². The molecule has 100 valence electrons. The van der Waals surface area contributed by atoms with Crippen molar-refractivity contribution in [3.63, 3.8) is 0 Å². The van der Waals surface area contributed by atoms with Crippen molar-refractivity contribution in [3.8, 4) is 0 Å². The molecule has 1 saturated carbocycles. The van der Waals surface area contributed by atoms with E-state index in [1.807, 2.05) is 0 Å². The zero-order valence-corrected chi connectivity index (χ0v) is 11.0. The normalized spacial score (nSPS) is 27.5. The van der Waals surface area contributed by atoms with E-state index >= 15 is 0 Å². The first kappa shape index (κ1) is 11.2. The van der Waals surface area contributed by atoms with E-state index in [1.54, 1.807) is 12.7 Å². The molecule has 0 radical (unpaired) electrons. The van der Waals surface area contributed by atoms with Gasteiger partial charge in [0.2, 0.25) is 0 Å². The second kappa shape index (κ2) is 4.47. The summed E-state index contributed by atoms with van der Waals surface area (Å²) in [6.07, 6.45) is 11.5. The molecule has 5 heteroatoms. The molecule has 0 aromatic carbocycles. The molecule has 2 aliphatic rings. The van der Waals surface area contributed by atoms with E-state index in [0.717, 1.165) is 29.4 Å². The first-order valence-electron chi connectivity index (χ1n) is 7.34. The minimum absolute atomic E-state index is 0.670. The molecule has 2 atom stereocenters. The Morgan fingerprint density at radius 1 is 1.05 bits per heavy atom. The van der Waals surface area contributed by atoms with Crippen LogP contribution in [0, 0.1) is 5.92 Å². The summed E-state index contributed by atoms with van der Waals surface area (Å²) >= 11 is 0. The molecule has 4 rings (SSSR count). The van der Waals surface area contributed by atoms with Crippen molar-refractivity contribution in [2.24, 2.45) is 5.92 Å². The van der Waals surface area contributed by atoms with Crippen LogP contribution in [0.3, 0.4) is 0 Å². The molecule has 5 nitrogen and oxygen atoms in total. The number of fused-ring (bicyclic) bond motifs is 2. The van der Waals surface area contributed by atoms with Gasteiger partial charge in [-0.1, -0.05) is 12.8 Å². The van der Waals surface area contributed by atoms with Gasteiger partial charge in [-0.2, -0.15) is 0 Å². The maximum Gasteiger partial charge on any atom is 0.182 e. The molecule has 3 heterocycles. The van der Waals surface area contributed by atoms with Gasteiger partial charge in [-0.3, -0.25) is 0 Å². The smallest absolute Gasteiger partial charge is 0.182 e. The van der Waals surface area contributed by atoms with E-state index in [1.165, 1.54) is 38.5 Å². The minimum Gasteiger partial charge on any atom is -0.351 e. The summed E-state index contributed by atoms with van der Waals surface area (Å²) in [5.74, 6) is 1.91. The Kier molecular flexibility index (Phi) is 2.64. The fourth-order valence-corrected chi connectivity index (χ4v) is 3.86. The number of H-pyrrole nitrogens is 1. The first-order chi connectivity index (χ1) is 9.43. The highest BCUT2D eigenvalue weighted by atomic mass is 15.2. The van der Waals surface area contributed by atoms with Crippen LogP contribution in [-0.4, -0.2) is 32.5 Å². The lowest BCUT2D eigenvalue weighted by Crippen LogP contribution is -2.47. The molecule has 2 aromatic heterocycles. The largest absolute Gasteiger partial charge is 0.351 e. The summed E-state index contributed by atoms with van der Waals surface area (Å²) in [5.41, 5.74) is 1.77. The minimum atomic E-state index is 0.670. The highest BCUT2D eigenvalue weighted by Crippen LogP contribution is 2.38. The van der Waals surface area contributed by atoms with Crippen LogP contribution in [0.5, 0.6) is 0 Å². The third-order valence-electron chi connectivity index (χ3n) is 4.72. The Morgan fingerprint density at radius 3 is 2.95 bits per heavy atom. The SMILES string of the molecule is c1nc(N2CCCC3CCCCC32)c2[nH]cnc2n1. The number of anilines is 1. The van der Waals surface area contributed by atoms with Crippen LogP contribution in [0.15, 0.2) is 12.7 Å². The van der Waals surface area contributed by atoms with Crippen molar-refractivity contribution in [1.29, 1.82) is 0 Å². The molecule has 0 bridgehead atoms. The molecular weight excluding hydrogens is 238 g/mol. The second-order valence-electron chi connectivity index (χ2n) is 5.75. The van der Waals surface area contributed by atoms with Crippen molar-refractivity contribution in [1.82, 2.24) is 19.9 Å². The van der Waals surface area contributed by atoms with Gasteiger partial charge in [0.25, 0.3) is 0 Å². The van der Waals surface area contributed by atoms with Crippen LogP contribution in [0.4, 0.5) is 5.82 Å². The van der Waals surface area contributed by atoms with Gasteiger partial charge in [-0.15, -0.1) is 0 Å². The van der Waals surface area contributed by atoms with Crippen LogP contribution in [0.1, 0.15) is 38.5 Å². The summed E-state index contributed by atoms with van der Waals surface area (Å²) in [6.45, 7) is 1.12. The molecule has 1 saturated heterocycles. The third-order valence-corrected chi connectivity index (χ3v) is 4.72. The molecule has 0 spiro atoms. The van der Waals surface area contributed by atoms with Gasteiger partial charge in [-0.25, -0.2) is 15.0 Å². The topological polar surface area (TPSA) is 57.7 Å². The number of aromatic amines is 1. The fourth-order valence-electron chi connectivity index (χ4n) is 3.86. The molecule has 0 amide bonds. The summed E-state index contributed by atoms with van der Waals surface area (Å²) in [6, 6.07) is 0.670. The number of hydrogen-bond acceptors (Lipinski definition) is 4. The highest BCUT2D eigenvalue weighted by molar-refractivity contribution is 5.82. The maximum absolute atomic E-state index is 4.54. The summed E-state index contributed by atoms with van der Waals surface area (Å²) in [4.78, 5) is 18.7. The number of piperidine rings is 1. The van der Waals surface area contributed by atoms with E-state index in [9.17, 15) is 0 Å². The standard InChI is InChI=1S/C14H19N5/c1-2-6-11-10(4-1)5-3-7-19(11)14-12-13(16-8-15-12)17-9-18-14/h8-11H,1-7H2,(H,15,16,17,18). The van der Waals surface area contributed by atoms with Crippen LogP contribution < -0.4 is 4.90 Å². The quantitative estimate of drug-likeness (QED) is 0.852. The van der Waals surface area contributed by atoms with Crippen molar-refractivity contribution >= 4 is 17.0 Å². The zero-order chi connectivity index (χ0) is 12.7. The lowest BCUT2D eigenvalue weighted by molar-refractivity contribution is 0.243. The van der Waals surface area contributed by atoms with E-state index in [2.05, 4.69) is 24.8 Å². The number of hydrogen-bond donors (Lipinski definition) is 1. The Balaban J connectivity index is 1.75. The number of nitrogens with zero attached hydrogens (tertiary/aromatic N) is 4. The van der Waals surface area contributed by atoms with Crippen molar-refractivity contribution < 1.29 is 0 Å². The molecule has 2 fully saturated rings. The van der Waals surface area contributed by atoms with Gasteiger partial charge in [0.15, 0.2) is 11.5 Å². The molecule has 2 aromatic rings. The van der Waals surface area contributed by atoms with Crippen LogP contribution in [0.25, 0.3) is 11.2 Å². The number of aromatic nitrogens is 4. The Hall–Kier alpha value is -1.65. The number of rotatable bonds is 1. The van der Waals surface area contributed by atoms with Gasteiger partial charge in [0.05, 0.1) is 6.33 Å². The predicted molar refractivity (Wildman–Crippen MR) is 74.0 cm³/mol. The summed E-state index contributed by atoms with van der Waals surface area (Å²) in [7, 11) is 0. The summed E-state index contributed by atoms with van der Waals surface area (Å²) in [5, 5.41) is 0. The Morgan fingerprint density at radius 2 is 1.95 bits per heavy atom. The van der Waals surface area contributed by atoms with Crippen LogP contribution in [0.2, 0.25) is 0 Å². The average molecular weight is 257 g/mol. The second-order valence-corrected chi connectivity index (χ2v) is 5.75. The molecule has 2 unspecified atom stereocenters. The van der Waals surface area contributed by atoms with Gasteiger partial charge < -0.3 is 9.88 Å². The molecule has 1 aliphatic heterocycles. The van der Waals surface area contributed by atoms with Crippen LogP contribution >= 0.6 is 0 Å². The van der Waals surface area contributed by atoms with E-state index in [4.69, 9.17) is 0 Å². The lowest BCUT2D eigenvalue weighted by Gasteiger charge is -2.44. The van der Waals surface area contributed by atoms with Gasteiger partial charge in [0.1, 0.15) is 11.8 Å². The number of imidazole rings is 1. The Labute approximate surface area is 112 Å². The van der Waals surface area contributed by atoms with Gasteiger partial charge >= 0.3 is 0 Å².